The fourth-order valence-electron chi connectivity index (χ4n) is 3.57. The van der Waals surface area contributed by atoms with Crippen molar-refractivity contribution in [2.24, 2.45) is 10.7 Å². The highest BCUT2D eigenvalue weighted by Gasteiger charge is 2.51. The lowest BCUT2D eigenvalue weighted by Gasteiger charge is -2.47. The number of carbonyl (C=O) groups is 1. The van der Waals surface area contributed by atoms with E-state index in [4.69, 9.17) is 19.9 Å². The Kier molecular flexibility index (Phi) is 11.2. The number of aliphatic imine (C=N–C) groups is 1. The Balaban J connectivity index is 2.18. The maximum Gasteiger partial charge on any atom is 0.217 e. The molecule has 2 saturated heterocycles. The van der Waals surface area contributed by atoms with Crippen LogP contribution < -0.4 is 11.1 Å². The van der Waals surface area contributed by atoms with E-state index in [2.05, 4.69) is 10.3 Å². The Labute approximate surface area is 195 Å². The van der Waals surface area contributed by atoms with Gasteiger partial charge in [-0.05, 0) is 6.42 Å². The zero-order valence-electron chi connectivity index (χ0n) is 18.6. The van der Waals surface area contributed by atoms with Crippen molar-refractivity contribution >= 4 is 23.5 Å². The van der Waals surface area contributed by atoms with Gasteiger partial charge in [-0.1, -0.05) is 6.92 Å². The zero-order valence-corrected chi connectivity index (χ0v) is 19.4. The number of hydrogen-bond donors (Lipinski definition) is 8. The molecule has 0 spiro atoms. The van der Waals surface area contributed by atoms with Crippen molar-refractivity contribution < 1.29 is 49.6 Å². The van der Waals surface area contributed by atoms with Crippen LogP contribution in [0.4, 0.5) is 0 Å². The molecule has 2 aliphatic heterocycles. The molecule has 192 valence electrons. The quantitative estimate of drug-likeness (QED) is 0.108. The average molecular weight is 498 g/mol. The van der Waals surface area contributed by atoms with Gasteiger partial charge in [0, 0.05) is 13.5 Å². The number of ether oxygens (including phenoxy) is 3. The molecule has 0 saturated carbocycles. The van der Waals surface area contributed by atoms with E-state index in [9.17, 15) is 35.4 Å². The van der Waals surface area contributed by atoms with Crippen LogP contribution in [-0.4, -0.2) is 128 Å². The first kappa shape index (κ1) is 28.2. The second-order valence-corrected chi connectivity index (χ2v) is 9.01. The highest BCUT2D eigenvalue weighted by molar-refractivity contribution is 8.00. The van der Waals surface area contributed by atoms with Crippen LogP contribution >= 0.6 is 11.8 Å². The molecule has 0 bridgehead atoms. The number of nitrogens with zero attached hydrogens (tertiary/aromatic N) is 1. The van der Waals surface area contributed by atoms with E-state index in [0.717, 1.165) is 6.42 Å². The number of carbonyl (C=O) groups excluding carboxylic acids is 1. The number of aliphatic hydroxyl groups is 6. The molecule has 1 amide bonds. The van der Waals surface area contributed by atoms with E-state index >= 15 is 0 Å². The fourth-order valence-corrected chi connectivity index (χ4v) is 4.65. The normalized spacial score (nSPS) is 39.9. The maximum atomic E-state index is 11.8. The van der Waals surface area contributed by atoms with Gasteiger partial charge in [-0.15, -0.1) is 11.8 Å². The van der Waals surface area contributed by atoms with Gasteiger partial charge in [-0.2, -0.15) is 0 Å². The van der Waals surface area contributed by atoms with E-state index < -0.39 is 79.6 Å². The minimum Gasteiger partial charge on any atom is -0.394 e. The molecular weight excluding hydrogens is 462 g/mol. The molecule has 10 unspecified atom stereocenters. The second-order valence-electron chi connectivity index (χ2n) is 7.92. The molecule has 0 aromatic heterocycles. The van der Waals surface area contributed by atoms with Gasteiger partial charge in [-0.3, -0.25) is 9.79 Å². The number of aliphatic hydroxyl groups excluding tert-OH is 6. The highest BCUT2D eigenvalue weighted by atomic mass is 32.2. The molecule has 2 fully saturated rings. The van der Waals surface area contributed by atoms with Crippen LogP contribution in [-0.2, 0) is 19.0 Å². The lowest BCUT2D eigenvalue weighted by Crippen LogP contribution is -2.66. The average Bonchev–Trinajstić information content (AvgIpc) is 2.79. The Morgan fingerprint density at radius 1 is 1.06 bits per heavy atom. The highest BCUT2D eigenvalue weighted by Crippen LogP contribution is 2.32. The fraction of sp³-hybridized carbons (Fsp3) is 0.895. The van der Waals surface area contributed by atoms with Gasteiger partial charge in [0.05, 0.1) is 25.0 Å². The molecule has 10 atom stereocenters. The SMILES string of the molecule is CCCN=C(N)CSC1OC(CO)C(OC2OC(CO)C(O)C(O)C2O)C(O)C1NC(C)=O. The van der Waals surface area contributed by atoms with Crippen LogP contribution in [0.5, 0.6) is 0 Å². The molecule has 33 heavy (non-hydrogen) atoms. The van der Waals surface area contributed by atoms with Gasteiger partial charge >= 0.3 is 0 Å². The molecule has 13 nitrogen and oxygen atoms in total. The van der Waals surface area contributed by atoms with Crippen LogP contribution in [0.15, 0.2) is 4.99 Å². The molecular formula is C19H35N3O10S. The minimum atomic E-state index is -1.71. The van der Waals surface area contributed by atoms with Crippen molar-refractivity contribution in [3.63, 3.8) is 0 Å². The number of rotatable bonds is 10. The topological polar surface area (TPSA) is 217 Å². The standard InChI is InChI=1S/C19H35N3O10S/c1-3-4-21-11(20)7-33-19-12(22-8(2)25)14(27)17(10(6-24)31-19)32-18-16(29)15(28)13(26)9(5-23)30-18/h9-10,12-19,23-24,26-29H,3-7H2,1-2H3,(H2,20,21)(H,22,25). The van der Waals surface area contributed by atoms with E-state index in [1.807, 2.05) is 6.92 Å². The molecule has 9 N–H and O–H groups in total. The third kappa shape index (κ3) is 7.21. The van der Waals surface area contributed by atoms with Crippen molar-refractivity contribution in [1.29, 1.82) is 0 Å². The second kappa shape index (κ2) is 13.1. The Bertz CT molecular complexity index is 657. The summed E-state index contributed by atoms with van der Waals surface area (Å²) in [6.45, 7) is 2.54. The molecule has 0 aromatic carbocycles. The van der Waals surface area contributed by atoms with Crippen molar-refractivity contribution in [2.75, 3.05) is 25.5 Å². The largest absolute Gasteiger partial charge is 0.394 e. The van der Waals surface area contributed by atoms with Gasteiger partial charge in [-0.25, -0.2) is 0 Å². The summed E-state index contributed by atoms with van der Waals surface area (Å²) in [5.41, 5.74) is 5.07. The van der Waals surface area contributed by atoms with E-state index in [-0.39, 0.29) is 5.75 Å². The number of amides is 1. The zero-order chi connectivity index (χ0) is 24.7. The molecule has 0 aliphatic carbocycles. The smallest absolute Gasteiger partial charge is 0.217 e. The van der Waals surface area contributed by atoms with Gasteiger partial charge < -0.3 is 55.9 Å². The maximum absolute atomic E-state index is 11.8. The number of nitrogens with one attached hydrogen (secondary N) is 1. The van der Waals surface area contributed by atoms with Crippen LogP contribution in [0.25, 0.3) is 0 Å². The predicted molar refractivity (Wildman–Crippen MR) is 117 cm³/mol. The Hall–Kier alpha value is -1.07. The summed E-state index contributed by atoms with van der Waals surface area (Å²) >= 11 is 1.18. The molecule has 0 radical (unpaired) electrons. The van der Waals surface area contributed by atoms with Crippen molar-refractivity contribution in [2.45, 2.75) is 80.8 Å². The van der Waals surface area contributed by atoms with E-state index in [1.54, 1.807) is 0 Å². The van der Waals surface area contributed by atoms with Gasteiger partial charge in [0.2, 0.25) is 5.91 Å². The van der Waals surface area contributed by atoms with E-state index in [0.29, 0.717) is 12.4 Å². The summed E-state index contributed by atoms with van der Waals surface area (Å²) in [4.78, 5) is 15.9. The first-order valence-electron chi connectivity index (χ1n) is 10.7. The van der Waals surface area contributed by atoms with Crippen molar-refractivity contribution in [3.8, 4) is 0 Å². The van der Waals surface area contributed by atoms with Crippen LogP contribution in [0.1, 0.15) is 20.3 Å². The number of thioether (sulfide) groups is 1. The third-order valence-corrected chi connectivity index (χ3v) is 6.49. The van der Waals surface area contributed by atoms with Gasteiger partial charge in [0.25, 0.3) is 0 Å². The molecule has 0 aromatic rings. The van der Waals surface area contributed by atoms with Gasteiger partial charge in [0.15, 0.2) is 6.29 Å². The monoisotopic (exact) mass is 497 g/mol. The van der Waals surface area contributed by atoms with Gasteiger partial charge in [0.1, 0.15) is 54.0 Å². The molecule has 2 heterocycles. The minimum absolute atomic E-state index is 0.254. The van der Waals surface area contributed by atoms with Crippen LogP contribution in [0.3, 0.4) is 0 Å². The van der Waals surface area contributed by atoms with Crippen molar-refractivity contribution in [1.82, 2.24) is 5.32 Å². The summed E-state index contributed by atoms with van der Waals surface area (Å²) in [6, 6.07) is -0.982. The van der Waals surface area contributed by atoms with Crippen LogP contribution in [0.2, 0.25) is 0 Å². The third-order valence-electron chi connectivity index (χ3n) is 5.30. The first-order valence-corrected chi connectivity index (χ1v) is 11.8. The molecule has 2 aliphatic rings. The molecule has 2 rings (SSSR count). The summed E-state index contributed by atoms with van der Waals surface area (Å²) in [6.07, 6.45) is -10.7. The van der Waals surface area contributed by atoms with Crippen molar-refractivity contribution in [3.05, 3.63) is 0 Å². The Morgan fingerprint density at radius 3 is 2.30 bits per heavy atom. The number of hydrogen-bond acceptors (Lipinski definition) is 12. The first-order chi connectivity index (χ1) is 15.6. The lowest BCUT2D eigenvalue weighted by molar-refractivity contribution is -0.333. The summed E-state index contributed by atoms with van der Waals surface area (Å²) < 4.78 is 16.8. The Morgan fingerprint density at radius 2 is 1.73 bits per heavy atom. The van der Waals surface area contributed by atoms with Crippen LogP contribution in [0, 0.1) is 0 Å². The molecule has 14 heteroatoms. The summed E-state index contributed by atoms with van der Waals surface area (Å²) in [5.74, 6) is 0.167. The summed E-state index contributed by atoms with van der Waals surface area (Å²) in [7, 11) is 0. The number of amidine groups is 1. The predicted octanol–water partition coefficient (Wildman–Crippen LogP) is -3.75. The summed E-state index contributed by atoms with van der Waals surface area (Å²) in [5, 5.41) is 63.0. The van der Waals surface area contributed by atoms with E-state index in [1.165, 1.54) is 18.7 Å². The number of nitrogens with two attached hydrogens (primary N) is 1. The lowest BCUT2D eigenvalue weighted by atomic mass is 9.96.